The van der Waals surface area contributed by atoms with Crippen LogP contribution in [0, 0.1) is 5.82 Å². The molecule has 2 atom stereocenters. The van der Waals surface area contributed by atoms with Gasteiger partial charge in [0.2, 0.25) is 5.91 Å². The number of halogens is 1. The zero-order chi connectivity index (χ0) is 26.2. The SMILES string of the molecule is CON(C)C(=O)C[C@H]1C[C@@H](C=Cc2c(C3CC3)nc3ccccc3c2-c2ccc(F)cc2)OC(C)(C)O1. The third kappa shape index (κ3) is 5.74. The Morgan fingerprint density at radius 2 is 1.89 bits per heavy atom. The van der Waals surface area contributed by atoms with Gasteiger partial charge >= 0.3 is 0 Å². The van der Waals surface area contributed by atoms with E-state index < -0.39 is 5.79 Å². The van der Waals surface area contributed by atoms with Gasteiger partial charge in [-0.05, 0) is 50.5 Å². The van der Waals surface area contributed by atoms with Gasteiger partial charge in [-0.1, -0.05) is 42.5 Å². The van der Waals surface area contributed by atoms with Crippen LogP contribution in [0.1, 0.15) is 56.7 Å². The number of carbonyl (C=O) groups is 1. The van der Waals surface area contributed by atoms with Crippen molar-refractivity contribution in [1.82, 2.24) is 10.0 Å². The van der Waals surface area contributed by atoms with E-state index in [1.54, 1.807) is 7.05 Å². The Balaban J connectivity index is 1.53. The molecular formula is C30H33FN2O4. The van der Waals surface area contributed by atoms with Crippen molar-refractivity contribution < 1.29 is 23.5 Å². The van der Waals surface area contributed by atoms with E-state index in [9.17, 15) is 9.18 Å². The van der Waals surface area contributed by atoms with Crippen molar-refractivity contribution in [1.29, 1.82) is 0 Å². The number of fused-ring (bicyclic) bond motifs is 1. The number of hydrogen-bond acceptors (Lipinski definition) is 5. The van der Waals surface area contributed by atoms with Crippen molar-refractivity contribution in [2.45, 2.75) is 63.4 Å². The minimum atomic E-state index is -0.843. The first-order valence-corrected chi connectivity index (χ1v) is 12.8. The van der Waals surface area contributed by atoms with Crippen molar-refractivity contribution in [2.75, 3.05) is 14.2 Å². The quantitative estimate of drug-likeness (QED) is 0.356. The molecule has 0 N–H and O–H groups in total. The minimum Gasteiger partial charge on any atom is -0.347 e. The predicted octanol–water partition coefficient (Wildman–Crippen LogP) is 6.25. The molecule has 7 heteroatoms. The van der Waals surface area contributed by atoms with E-state index in [1.807, 2.05) is 50.3 Å². The minimum absolute atomic E-state index is 0.152. The zero-order valence-electron chi connectivity index (χ0n) is 21.7. The fraction of sp³-hybridized carbons (Fsp3) is 0.400. The van der Waals surface area contributed by atoms with Gasteiger partial charge in [0.15, 0.2) is 5.79 Å². The molecule has 1 aliphatic carbocycles. The Labute approximate surface area is 217 Å². The van der Waals surface area contributed by atoms with Crippen LogP contribution in [0.3, 0.4) is 0 Å². The largest absolute Gasteiger partial charge is 0.347 e. The number of aromatic nitrogens is 1. The number of hydroxylamine groups is 2. The molecule has 2 aliphatic rings. The van der Waals surface area contributed by atoms with E-state index in [-0.39, 0.29) is 30.4 Å². The summed E-state index contributed by atoms with van der Waals surface area (Å²) >= 11 is 0. The number of carbonyl (C=O) groups excluding carboxylic acids is 1. The normalized spacial score (nSPS) is 21.4. The van der Waals surface area contributed by atoms with Crippen LogP contribution in [0.2, 0.25) is 0 Å². The highest BCUT2D eigenvalue weighted by Gasteiger charge is 2.36. The molecule has 0 unspecified atom stereocenters. The van der Waals surface area contributed by atoms with E-state index >= 15 is 0 Å². The van der Waals surface area contributed by atoms with Gasteiger partial charge in [0.25, 0.3) is 0 Å². The van der Waals surface area contributed by atoms with Crippen molar-refractivity contribution in [3.8, 4) is 11.1 Å². The monoisotopic (exact) mass is 504 g/mol. The van der Waals surface area contributed by atoms with Gasteiger partial charge in [-0.15, -0.1) is 0 Å². The maximum atomic E-state index is 13.8. The number of amides is 1. The fourth-order valence-corrected chi connectivity index (χ4v) is 5.03. The molecule has 1 saturated carbocycles. The standard InChI is InChI=1S/C30H33FN2O4/c1-30(2)36-22(17-23(37-30)18-27(34)33(3)35-4)15-16-25-28(19-11-13-21(31)14-12-19)24-7-5-6-8-26(24)32-29(25)20-9-10-20/h5-8,11-16,20,22-23H,9-10,17-18H2,1-4H3/t22-,23-/m1/s1. The molecule has 1 aliphatic heterocycles. The Kier molecular flexibility index (Phi) is 7.12. The number of hydrogen-bond donors (Lipinski definition) is 0. The average Bonchev–Trinajstić information content (AvgIpc) is 3.71. The molecule has 0 radical (unpaired) electrons. The Bertz CT molecular complexity index is 1320. The highest BCUT2D eigenvalue weighted by molar-refractivity contribution is 5.99. The summed E-state index contributed by atoms with van der Waals surface area (Å²) in [5.74, 6) is -0.851. The molecule has 5 rings (SSSR count). The number of nitrogens with zero attached hydrogens (tertiary/aromatic N) is 2. The summed E-state index contributed by atoms with van der Waals surface area (Å²) in [4.78, 5) is 22.5. The lowest BCUT2D eigenvalue weighted by molar-refractivity contribution is -0.290. The molecule has 3 aromatic rings. The topological polar surface area (TPSA) is 60.9 Å². The van der Waals surface area contributed by atoms with Gasteiger partial charge in [0.05, 0.1) is 36.9 Å². The first-order valence-electron chi connectivity index (χ1n) is 12.8. The molecule has 2 fully saturated rings. The maximum Gasteiger partial charge on any atom is 0.248 e. The molecule has 1 amide bonds. The van der Waals surface area contributed by atoms with Gasteiger partial charge in [-0.25, -0.2) is 9.45 Å². The van der Waals surface area contributed by atoms with Gasteiger partial charge in [0, 0.05) is 35.9 Å². The molecule has 6 nitrogen and oxygen atoms in total. The second kappa shape index (κ2) is 10.3. The lowest BCUT2D eigenvalue weighted by atomic mass is 9.92. The number of pyridine rings is 1. The molecule has 2 aromatic carbocycles. The third-order valence-electron chi connectivity index (χ3n) is 6.94. The van der Waals surface area contributed by atoms with Crippen LogP contribution in [0.4, 0.5) is 4.39 Å². The van der Waals surface area contributed by atoms with Crippen molar-refractivity contribution in [3.63, 3.8) is 0 Å². The average molecular weight is 505 g/mol. The van der Waals surface area contributed by atoms with Crippen LogP contribution in [0.25, 0.3) is 28.1 Å². The first kappa shape index (κ1) is 25.5. The van der Waals surface area contributed by atoms with E-state index in [2.05, 4.69) is 12.1 Å². The molecule has 194 valence electrons. The Morgan fingerprint density at radius 1 is 1.16 bits per heavy atom. The maximum absolute atomic E-state index is 13.8. The predicted molar refractivity (Wildman–Crippen MR) is 141 cm³/mol. The molecule has 2 heterocycles. The van der Waals surface area contributed by atoms with Crippen LogP contribution < -0.4 is 0 Å². The molecule has 0 spiro atoms. The highest BCUT2D eigenvalue weighted by atomic mass is 19.1. The lowest BCUT2D eigenvalue weighted by Gasteiger charge is -2.40. The number of rotatable bonds is 7. The first-order chi connectivity index (χ1) is 17.7. The van der Waals surface area contributed by atoms with Crippen molar-refractivity contribution in [3.05, 3.63) is 71.7 Å². The molecule has 0 bridgehead atoms. The van der Waals surface area contributed by atoms with Crippen LogP contribution in [0.5, 0.6) is 0 Å². The van der Waals surface area contributed by atoms with Gasteiger partial charge < -0.3 is 9.47 Å². The number of benzene rings is 2. The summed E-state index contributed by atoms with van der Waals surface area (Å²) in [5.41, 5.74) is 5.02. The second-order valence-electron chi connectivity index (χ2n) is 10.3. The van der Waals surface area contributed by atoms with Gasteiger partial charge in [-0.2, -0.15) is 0 Å². The zero-order valence-corrected chi connectivity index (χ0v) is 21.7. The third-order valence-corrected chi connectivity index (χ3v) is 6.94. The van der Waals surface area contributed by atoms with E-state index in [0.717, 1.165) is 46.1 Å². The number of para-hydroxylation sites is 1. The number of ether oxygens (including phenoxy) is 2. The van der Waals surface area contributed by atoms with Crippen LogP contribution in [-0.4, -0.2) is 48.1 Å². The van der Waals surface area contributed by atoms with Crippen molar-refractivity contribution >= 4 is 22.9 Å². The Hall–Kier alpha value is -3.13. The molecular weight excluding hydrogens is 471 g/mol. The lowest BCUT2D eigenvalue weighted by Crippen LogP contribution is -2.45. The van der Waals surface area contributed by atoms with E-state index in [0.29, 0.717) is 12.3 Å². The fourth-order valence-electron chi connectivity index (χ4n) is 5.03. The summed E-state index contributed by atoms with van der Waals surface area (Å²) in [6, 6.07) is 14.7. The molecule has 1 aromatic heterocycles. The second-order valence-corrected chi connectivity index (χ2v) is 10.3. The summed E-state index contributed by atoms with van der Waals surface area (Å²) in [6.45, 7) is 3.73. The van der Waals surface area contributed by atoms with Crippen LogP contribution in [-0.2, 0) is 19.1 Å². The summed E-state index contributed by atoms with van der Waals surface area (Å²) < 4.78 is 26.1. The van der Waals surface area contributed by atoms with Crippen LogP contribution in [0.15, 0.2) is 54.6 Å². The molecule has 37 heavy (non-hydrogen) atoms. The highest BCUT2D eigenvalue weighted by Crippen LogP contribution is 2.45. The Morgan fingerprint density at radius 3 is 2.59 bits per heavy atom. The van der Waals surface area contributed by atoms with Gasteiger partial charge in [-0.3, -0.25) is 14.6 Å². The molecule has 1 saturated heterocycles. The van der Waals surface area contributed by atoms with E-state index in [1.165, 1.54) is 24.3 Å². The van der Waals surface area contributed by atoms with Crippen molar-refractivity contribution in [2.24, 2.45) is 0 Å². The summed E-state index contributed by atoms with van der Waals surface area (Å²) in [7, 11) is 3.05. The van der Waals surface area contributed by atoms with E-state index in [4.69, 9.17) is 19.3 Å². The summed E-state index contributed by atoms with van der Waals surface area (Å²) in [5, 5.41) is 2.24. The smallest absolute Gasteiger partial charge is 0.248 e. The van der Waals surface area contributed by atoms with Crippen LogP contribution >= 0.6 is 0 Å². The summed E-state index contributed by atoms with van der Waals surface area (Å²) in [6.07, 6.45) is 6.53. The van der Waals surface area contributed by atoms with Gasteiger partial charge in [0.1, 0.15) is 5.82 Å².